The normalized spacial score (nSPS) is 12.7. The van der Waals surface area contributed by atoms with Gasteiger partial charge in [-0.3, -0.25) is 4.68 Å². The molecule has 0 bridgehead atoms. The zero-order chi connectivity index (χ0) is 13.3. The second kappa shape index (κ2) is 5.00. The Morgan fingerprint density at radius 1 is 1.39 bits per heavy atom. The van der Waals surface area contributed by atoms with Crippen molar-refractivity contribution in [3.8, 4) is 0 Å². The number of nitrogen functional groups attached to an aromatic ring is 1. The lowest BCUT2D eigenvalue weighted by Crippen LogP contribution is -2.07. The Morgan fingerprint density at radius 2 is 2.00 bits per heavy atom. The average molecular weight is 266 g/mol. The number of aromatic nitrogens is 2. The van der Waals surface area contributed by atoms with Crippen LogP contribution in [0.1, 0.15) is 23.1 Å². The second-order valence-corrected chi connectivity index (χ2v) is 4.73. The van der Waals surface area contributed by atoms with Crippen molar-refractivity contribution < 1.29 is 5.11 Å². The van der Waals surface area contributed by atoms with Crippen LogP contribution in [0.25, 0.3) is 0 Å². The van der Waals surface area contributed by atoms with E-state index in [1.807, 2.05) is 26.1 Å². The predicted octanol–water partition coefficient (Wildman–Crippen LogP) is 2.24. The van der Waals surface area contributed by atoms with Crippen LogP contribution in [0.15, 0.2) is 24.3 Å². The van der Waals surface area contributed by atoms with Crippen LogP contribution in [0.5, 0.6) is 0 Å². The van der Waals surface area contributed by atoms with Crippen LogP contribution in [-0.4, -0.2) is 14.9 Å². The van der Waals surface area contributed by atoms with Crippen molar-refractivity contribution in [3.05, 3.63) is 46.2 Å². The maximum absolute atomic E-state index is 10.2. The first-order chi connectivity index (χ1) is 8.49. The van der Waals surface area contributed by atoms with Gasteiger partial charge in [0.25, 0.3) is 0 Å². The first-order valence-electron chi connectivity index (χ1n) is 5.70. The van der Waals surface area contributed by atoms with E-state index < -0.39 is 6.10 Å². The highest BCUT2D eigenvalue weighted by Crippen LogP contribution is 2.25. The lowest BCUT2D eigenvalue weighted by molar-refractivity contribution is 0.176. The summed E-state index contributed by atoms with van der Waals surface area (Å²) in [6.07, 6.45) is -0.182. The van der Waals surface area contributed by atoms with Gasteiger partial charge in [-0.25, -0.2) is 0 Å². The van der Waals surface area contributed by atoms with Gasteiger partial charge in [0, 0.05) is 19.2 Å². The number of aryl methyl sites for hydroxylation is 2. The highest BCUT2D eigenvalue weighted by Gasteiger charge is 2.16. The molecule has 0 saturated heterocycles. The fraction of sp³-hybridized carbons (Fsp3) is 0.308. The van der Waals surface area contributed by atoms with Gasteiger partial charge in [-0.05, 0) is 24.6 Å². The fourth-order valence-electron chi connectivity index (χ4n) is 1.92. The molecule has 0 aliphatic rings. The van der Waals surface area contributed by atoms with Crippen molar-refractivity contribution in [1.82, 2.24) is 9.78 Å². The number of hydrogen-bond acceptors (Lipinski definition) is 3. The zero-order valence-corrected chi connectivity index (χ0v) is 11.1. The smallest absolute Gasteiger partial charge is 0.0848 e. The summed E-state index contributed by atoms with van der Waals surface area (Å²) in [6, 6.07) is 7.18. The Morgan fingerprint density at radius 3 is 2.50 bits per heavy atom. The molecule has 18 heavy (non-hydrogen) atoms. The Labute approximate surface area is 111 Å². The number of hydrogen-bond donors (Lipinski definition) is 2. The molecule has 0 radical (unpaired) electrons. The monoisotopic (exact) mass is 265 g/mol. The first-order valence-corrected chi connectivity index (χ1v) is 6.08. The Balaban J connectivity index is 2.21. The van der Waals surface area contributed by atoms with Crippen LogP contribution < -0.4 is 5.73 Å². The number of aliphatic hydroxyl groups excluding tert-OH is 1. The number of nitrogens with zero attached hydrogens (tertiary/aromatic N) is 2. The van der Waals surface area contributed by atoms with Crippen LogP contribution in [0.3, 0.4) is 0 Å². The van der Waals surface area contributed by atoms with Crippen molar-refractivity contribution in [2.45, 2.75) is 19.4 Å². The van der Waals surface area contributed by atoms with Gasteiger partial charge in [0.15, 0.2) is 0 Å². The van der Waals surface area contributed by atoms with Crippen molar-refractivity contribution in [2.24, 2.45) is 7.05 Å². The standard InChI is InChI=1S/C13H16ClN3O/c1-8-13(14)11(17(2)16-8)7-12(18)9-3-5-10(15)6-4-9/h3-6,12,18H,7,15H2,1-2H3. The zero-order valence-electron chi connectivity index (χ0n) is 10.4. The summed E-state index contributed by atoms with van der Waals surface area (Å²) >= 11 is 6.16. The molecule has 5 heteroatoms. The summed E-state index contributed by atoms with van der Waals surface area (Å²) in [6.45, 7) is 1.85. The molecule has 2 rings (SSSR count). The third-order valence-corrected chi connectivity index (χ3v) is 3.46. The summed E-state index contributed by atoms with van der Waals surface area (Å²) in [5.74, 6) is 0. The Kier molecular flexibility index (Phi) is 3.59. The van der Waals surface area contributed by atoms with Crippen molar-refractivity contribution in [1.29, 1.82) is 0 Å². The number of benzene rings is 1. The average Bonchev–Trinajstić information content (AvgIpc) is 2.57. The molecular formula is C13H16ClN3O. The number of nitrogens with two attached hydrogens (primary N) is 1. The SMILES string of the molecule is Cc1nn(C)c(CC(O)c2ccc(N)cc2)c1Cl. The van der Waals surface area contributed by atoms with Crippen molar-refractivity contribution >= 4 is 17.3 Å². The molecule has 3 N–H and O–H groups in total. The number of halogens is 1. The molecule has 2 aromatic rings. The molecule has 1 aromatic heterocycles. The van der Waals surface area contributed by atoms with Gasteiger partial charge in [-0.2, -0.15) is 5.10 Å². The quantitative estimate of drug-likeness (QED) is 0.837. The maximum Gasteiger partial charge on any atom is 0.0848 e. The minimum Gasteiger partial charge on any atom is -0.399 e. The first kappa shape index (κ1) is 12.9. The molecule has 1 unspecified atom stereocenters. The molecule has 0 aliphatic carbocycles. The lowest BCUT2D eigenvalue weighted by atomic mass is 10.0. The number of aliphatic hydroxyl groups is 1. The number of rotatable bonds is 3. The molecule has 0 fully saturated rings. The van der Waals surface area contributed by atoms with Crippen LogP contribution in [-0.2, 0) is 13.5 Å². The van der Waals surface area contributed by atoms with E-state index in [0.717, 1.165) is 17.0 Å². The van der Waals surface area contributed by atoms with E-state index in [1.165, 1.54) is 0 Å². The Hall–Kier alpha value is -1.52. The van der Waals surface area contributed by atoms with Crippen LogP contribution in [0, 0.1) is 6.92 Å². The lowest BCUT2D eigenvalue weighted by Gasteiger charge is -2.11. The molecular weight excluding hydrogens is 250 g/mol. The van der Waals surface area contributed by atoms with Crippen LogP contribution in [0.2, 0.25) is 5.02 Å². The molecule has 0 amide bonds. The third-order valence-electron chi connectivity index (χ3n) is 2.97. The predicted molar refractivity (Wildman–Crippen MR) is 72.5 cm³/mol. The largest absolute Gasteiger partial charge is 0.399 e. The Bertz CT molecular complexity index is 548. The summed E-state index contributed by atoms with van der Waals surface area (Å²) in [5.41, 5.74) is 8.72. The number of anilines is 1. The highest BCUT2D eigenvalue weighted by atomic mass is 35.5. The van der Waals surface area contributed by atoms with Gasteiger partial charge in [-0.15, -0.1) is 0 Å². The molecule has 0 saturated carbocycles. The molecule has 96 valence electrons. The fourth-order valence-corrected chi connectivity index (χ4v) is 2.16. The molecule has 0 spiro atoms. The summed E-state index contributed by atoms with van der Waals surface area (Å²) in [4.78, 5) is 0. The summed E-state index contributed by atoms with van der Waals surface area (Å²) in [7, 11) is 1.82. The topological polar surface area (TPSA) is 64.1 Å². The van der Waals surface area contributed by atoms with Crippen molar-refractivity contribution in [2.75, 3.05) is 5.73 Å². The molecule has 0 aliphatic heterocycles. The van der Waals surface area contributed by atoms with E-state index in [-0.39, 0.29) is 0 Å². The van der Waals surface area contributed by atoms with Gasteiger partial charge >= 0.3 is 0 Å². The van der Waals surface area contributed by atoms with Gasteiger partial charge in [-0.1, -0.05) is 23.7 Å². The van der Waals surface area contributed by atoms with E-state index >= 15 is 0 Å². The third kappa shape index (κ3) is 2.49. The maximum atomic E-state index is 10.2. The minimum atomic E-state index is -0.613. The molecule has 1 heterocycles. The molecule has 1 aromatic carbocycles. The van der Waals surface area contributed by atoms with Crippen LogP contribution >= 0.6 is 11.6 Å². The van der Waals surface area contributed by atoms with E-state index in [1.54, 1.807) is 16.8 Å². The van der Waals surface area contributed by atoms with Gasteiger partial charge < -0.3 is 10.8 Å². The second-order valence-electron chi connectivity index (χ2n) is 4.36. The minimum absolute atomic E-state index is 0.431. The van der Waals surface area contributed by atoms with E-state index in [0.29, 0.717) is 17.1 Å². The molecule has 1 atom stereocenters. The van der Waals surface area contributed by atoms with E-state index in [9.17, 15) is 5.11 Å². The van der Waals surface area contributed by atoms with Crippen LogP contribution in [0.4, 0.5) is 5.69 Å². The van der Waals surface area contributed by atoms with E-state index in [4.69, 9.17) is 17.3 Å². The van der Waals surface area contributed by atoms with Gasteiger partial charge in [0.05, 0.1) is 22.5 Å². The van der Waals surface area contributed by atoms with Crippen molar-refractivity contribution in [3.63, 3.8) is 0 Å². The van der Waals surface area contributed by atoms with E-state index in [2.05, 4.69) is 5.10 Å². The van der Waals surface area contributed by atoms with Gasteiger partial charge in [0.2, 0.25) is 0 Å². The highest BCUT2D eigenvalue weighted by molar-refractivity contribution is 6.31. The van der Waals surface area contributed by atoms with Gasteiger partial charge in [0.1, 0.15) is 0 Å². The molecule has 4 nitrogen and oxygen atoms in total. The summed E-state index contributed by atoms with van der Waals surface area (Å²) < 4.78 is 1.71. The summed E-state index contributed by atoms with van der Waals surface area (Å²) in [5, 5.41) is 15.0.